The lowest BCUT2D eigenvalue weighted by atomic mass is 10.1. The zero-order valence-electron chi connectivity index (χ0n) is 13.5. The van der Waals surface area contributed by atoms with E-state index < -0.39 is 11.2 Å². The first-order valence-corrected chi connectivity index (χ1v) is 8.70. The van der Waals surface area contributed by atoms with E-state index in [1.54, 1.807) is 6.20 Å². The summed E-state index contributed by atoms with van der Waals surface area (Å²) in [4.78, 5) is 42.8. The van der Waals surface area contributed by atoms with Crippen LogP contribution in [-0.2, 0) is 0 Å². The molecule has 126 valence electrons. The lowest BCUT2D eigenvalue weighted by Gasteiger charge is -2.04. The van der Waals surface area contributed by atoms with Gasteiger partial charge in [0, 0.05) is 17.1 Å². The van der Waals surface area contributed by atoms with Crippen LogP contribution in [-0.4, -0.2) is 24.9 Å². The fourth-order valence-electron chi connectivity index (χ4n) is 3.10. The Morgan fingerprint density at radius 3 is 2.85 bits per heavy atom. The molecule has 0 bridgehead atoms. The quantitative estimate of drug-likeness (QED) is 0.478. The number of rotatable bonds is 1. The van der Waals surface area contributed by atoms with Crippen molar-refractivity contribution in [2.24, 2.45) is 0 Å². The molecule has 0 aliphatic heterocycles. The summed E-state index contributed by atoms with van der Waals surface area (Å²) in [6.45, 7) is 1.85. The summed E-state index contributed by atoms with van der Waals surface area (Å²) in [6, 6.07) is 9.72. The van der Waals surface area contributed by atoms with Gasteiger partial charge in [0.2, 0.25) is 0 Å². The second-order valence-electron chi connectivity index (χ2n) is 5.94. The smallest absolute Gasteiger partial charge is 0.305 e. The number of nitrogens with zero attached hydrogens (tertiary/aromatic N) is 3. The van der Waals surface area contributed by atoms with Crippen LogP contribution in [0.3, 0.4) is 0 Å². The minimum atomic E-state index is -0.535. The van der Waals surface area contributed by atoms with E-state index in [-0.39, 0.29) is 0 Å². The summed E-state index contributed by atoms with van der Waals surface area (Å²) < 4.78 is 0.442. The first-order valence-electron chi connectivity index (χ1n) is 7.89. The average Bonchev–Trinajstić information content (AvgIpc) is 3.00. The number of hydrogen-bond donors (Lipinski definition) is 2. The molecule has 2 N–H and O–H groups in total. The van der Waals surface area contributed by atoms with Gasteiger partial charge in [-0.3, -0.25) is 14.8 Å². The van der Waals surface area contributed by atoms with E-state index in [0.717, 1.165) is 16.5 Å². The number of nitrogens with one attached hydrogen (secondary N) is 2. The van der Waals surface area contributed by atoms with Crippen molar-refractivity contribution >= 4 is 42.7 Å². The van der Waals surface area contributed by atoms with Crippen LogP contribution in [0, 0.1) is 6.92 Å². The Balaban J connectivity index is 1.81. The van der Waals surface area contributed by atoms with Crippen molar-refractivity contribution in [1.82, 2.24) is 24.9 Å². The van der Waals surface area contributed by atoms with Gasteiger partial charge < -0.3 is 4.98 Å². The van der Waals surface area contributed by atoms with Gasteiger partial charge in [0.15, 0.2) is 5.82 Å². The number of fused-ring (bicyclic) bond motifs is 4. The molecule has 26 heavy (non-hydrogen) atoms. The monoisotopic (exact) mass is 361 g/mol. The third-order valence-electron chi connectivity index (χ3n) is 4.27. The first-order chi connectivity index (χ1) is 12.6. The molecule has 4 aromatic heterocycles. The van der Waals surface area contributed by atoms with Gasteiger partial charge in [-0.1, -0.05) is 6.07 Å². The van der Waals surface area contributed by atoms with Gasteiger partial charge >= 0.3 is 5.69 Å². The molecule has 0 saturated heterocycles. The Morgan fingerprint density at radius 1 is 1.08 bits per heavy atom. The van der Waals surface area contributed by atoms with Gasteiger partial charge in [0.25, 0.3) is 5.56 Å². The number of pyridine rings is 1. The topological polar surface area (TPSA) is 104 Å². The predicted molar refractivity (Wildman–Crippen MR) is 102 cm³/mol. The maximum atomic E-state index is 12.1. The van der Waals surface area contributed by atoms with Crippen LogP contribution < -0.4 is 11.2 Å². The molecule has 0 unspecified atom stereocenters. The molecule has 0 atom stereocenters. The van der Waals surface area contributed by atoms with Crippen LogP contribution in [0.1, 0.15) is 5.69 Å². The van der Waals surface area contributed by atoms with Crippen molar-refractivity contribution in [3.05, 3.63) is 63.1 Å². The largest absolute Gasteiger partial charge is 0.326 e. The Hall–Kier alpha value is -3.39. The summed E-state index contributed by atoms with van der Waals surface area (Å²) in [7, 11) is 0. The van der Waals surface area contributed by atoms with E-state index in [1.807, 2.05) is 37.3 Å². The fourth-order valence-corrected chi connectivity index (χ4v) is 4.17. The normalized spacial score (nSPS) is 11.6. The lowest BCUT2D eigenvalue weighted by molar-refractivity contribution is 1.09. The van der Waals surface area contributed by atoms with Crippen LogP contribution in [0.15, 0.2) is 46.1 Å². The lowest BCUT2D eigenvalue weighted by Crippen LogP contribution is -2.20. The van der Waals surface area contributed by atoms with Crippen molar-refractivity contribution in [3.8, 4) is 11.4 Å². The number of aromatic amines is 2. The highest BCUT2D eigenvalue weighted by Gasteiger charge is 2.16. The Kier molecular flexibility index (Phi) is 3.04. The van der Waals surface area contributed by atoms with Crippen molar-refractivity contribution < 1.29 is 0 Å². The fraction of sp³-hybridized carbons (Fsp3) is 0.0556. The molecule has 0 amide bonds. The van der Waals surface area contributed by atoms with Gasteiger partial charge in [-0.15, -0.1) is 11.3 Å². The molecule has 0 spiro atoms. The Labute approximate surface area is 149 Å². The van der Waals surface area contributed by atoms with Crippen LogP contribution in [0.5, 0.6) is 0 Å². The van der Waals surface area contributed by atoms with E-state index in [4.69, 9.17) is 0 Å². The number of aryl methyl sites for hydroxylation is 1. The van der Waals surface area contributed by atoms with Crippen molar-refractivity contribution in [2.45, 2.75) is 6.92 Å². The summed E-state index contributed by atoms with van der Waals surface area (Å²) in [5.41, 5.74) is 2.03. The van der Waals surface area contributed by atoms with Gasteiger partial charge in [-0.25, -0.2) is 14.8 Å². The maximum Gasteiger partial charge on any atom is 0.326 e. The molecule has 4 heterocycles. The van der Waals surface area contributed by atoms with Gasteiger partial charge in [0.05, 0.1) is 22.1 Å². The van der Waals surface area contributed by atoms with E-state index in [2.05, 4.69) is 24.9 Å². The molecular formula is C18H11N5O2S. The van der Waals surface area contributed by atoms with E-state index in [1.165, 1.54) is 11.3 Å². The van der Waals surface area contributed by atoms with Crippen molar-refractivity contribution in [3.63, 3.8) is 0 Å². The minimum absolute atomic E-state index is 0.413. The molecule has 0 aliphatic rings. The SMILES string of the molecule is Cc1nc(-c2ccc3ncccc3c2)nc2sc3c(=O)[nH]c(=O)[nH]c3c12. The van der Waals surface area contributed by atoms with Crippen LogP contribution in [0.2, 0.25) is 0 Å². The Bertz CT molecular complexity index is 1450. The highest BCUT2D eigenvalue weighted by Crippen LogP contribution is 2.32. The molecule has 5 aromatic rings. The van der Waals surface area contributed by atoms with Crippen LogP contribution in [0.4, 0.5) is 0 Å². The van der Waals surface area contributed by atoms with E-state index >= 15 is 0 Å². The summed E-state index contributed by atoms with van der Waals surface area (Å²) in [5.74, 6) is 0.575. The molecule has 7 nitrogen and oxygen atoms in total. The first kappa shape index (κ1) is 14.9. The number of H-pyrrole nitrogens is 2. The standard InChI is InChI=1S/C18H11N5O2S/c1-8-12-13-14(16(24)23-18(25)21-13)26-17(12)22-15(20-8)10-4-5-11-9(7-10)3-2-6-19-11/h2-7H,1H3,(H2,21,23,24,25). The molecule has 1 aromatic carbocycles. The summed E-state index contributed by atoms with van der Waals surface area (Å²) in [6.07, 6.45) is 1.75. The van der Waals surface area contributed by atoms with Crippen molar-refractivity contribution in [2.75, 3.05) is 0 Å². The number of hydrogen-bond acceptors (Lipinski definition) is 6. The molecule has 0 saturated carbocycles. The van der Waals surface area contributed by atoms with E-state index in [9.17, 15) is 9.59 Å². The second-order valence-corrected chi connectivity index (χ2v) is 6.94. The molecule has 0 aliphatic carbocycles. The third kappa shape index (κ3) is 2.16. The predicted octanol–water partition coefficient (Wildman–Crippen LogP) is 2.74. The van der Waals surface area contributed by atoms with Crippen LogP contribution in [0.25, 0.3) is 42.7 Å². The molecule has 5 rings (SSSR count). The second kappa shape index (κ2) is 5.30. The highest BCUT2D eigenvalue weighted by atomic mass is 32.1. The van der Waals surface area contributed by atoms with Gasteiger partial charge in [-0.2, -0.15) is 0 Å². The number of benzene rings is 1. The minimum Gasteiger partial charge on any atom is -0.305 e. The van der Waals surface area contributed by atoms with Crippen molar-refractivity contribution in [1.29, 1.82) is 0 Å². The maximum absolute atomic E-state index is 12.1. The molecule has 0 radical (unpaired) electrons. The van der Waals surface area contributed by atoms with Gasteiger partial charge in [-0.05, 0) is 31.2 Å². The summed E-state index contributed by atoms with van der Waals surface area (Å²) >= 11 is 1.25. The average molecular weight is 361 g/mol. The zero-order valence-corrected chi connectivity index (χ0v) is 14.3. The summed E-state index contributed by atoms with van der Waals surface area (Å²) in [5, 5.41) is 1.71. The molecular weight excluding hydrogens is 350 g/mol. The third-order valence-corrected chi connectivity index (χ3v) is 5.35. The number of thiophene rings is 1. The van der Waals surface area contributed by atoms with E-state index in [0.29, 0.717) is 32.0 Å². The zero-order chi connectivity index (χ0) is 17.8. The molecule has 0 fully saturated rings. The molecule has 8 heteroatoms. The number of aromatic nitrogens is 5. The van der Waals surface area contributed by atoms with Gasteiger partial charge in [0.1, 0.15) is 9.53 Å². The highest BCUT2D eigenvalue weighted by molar-refractivity contribution is 7.25. The Morgan fingerprint density at radius 2 is 1.96 bits per heavy atom. The van der Waals surface area contributed by atoms with Crippen LogP contribution >= 0.6 is 11.3 Å².